The lowest BCUT2D eigenvalue weighted by Crippen LogP contribution is -2.18. The normalized spacial score (nSPS) is 10.2. The second-order valence-electron chi connectivity index (χ2n) is 4.16. The number of nitrogens with zero attached hydrogens (tertiary/aromatic N) is 1. The van der Waals surface area contributed by atoms with Crippen molar-refractivity contribution in [3.05, 3.63) is 59.9 Å². The van der Waals surface area contributed by atoms with Gasteiger partial charge < -0.3 is 10.6 Å². The highest BCUT2D eigenvalue weighted by Crippen LogP contribution is 2.27. The molecule has 0 saturated heterocycles. The molecule has 4 heteroatoms. The molecule has 0 atom stereocenters. The number of hydrogen-bond donors (Lipinski definition) is 2. The van der Waals surface area contributed by atoms with Crippen molar-refractivity contribution in [3.63, 3.8) is 0 Å². The minimum Gasteiger partial charge on any atom is -0.384 e. The van der Waals surface area contributed by atoms with Gasteiger partial charge >= 0.3 is 0 Å². The lowest BCUT2D eigenvalue weighted by molar-refractivity contribution is 0.625. The van der Waals surface area contributed by atoms with Gasteiger partial charge in [-0.05, 0) is 37.3 Å². The first-order valence-corrected chi connectivity index (χ1v) is 6.10. The summed E-state index contributed by atoms with van der Waals surface area (Å²) in [6, 6.07) is 14.2. The van der Waals surface area contributed by atoms with Crippen LogP contribution in [0.15, 0.2) is 48.5 Å². The van der Waals surface area contributed by atoms with Crippen molar-refractivity contribution in [1.29, 1.82) is 5.41 Å². The van der Waals surface area contributed by atoms with Crippen molar-refractivity contribution in [2.24, 2.45) is 5.73 Å². The molecule has 0 heterocycles. The van der Waals surface area contributed by atoms with Crippen molar-refractivity contribution in [2.45, 2.75) is 6.92 Å². The molecule has 3 N–H and O–H groups in total. The zero-order valence-corrected chi connectivity index (χ0v) is 10.7. The van der Waals surface area contributed by atoms with Gasteiger partial charge in [0.15, 0.2) is 0 Å². The fourth-order valence-electron chi connectivity index (χ4n) is 1.99. The maximum absolute atomic E-state index is 14.1. The number of anilines is 2. The number of hydrogen-bond acceptors (Lipinski definition) is 2. The summed E-state index contributed by atoms with van der Waals surface area (Å²) >= 11 is 0. The Hall–Kier alpha value is -2.36. The standard InChI is InChI=1S/C15H16FN3/c1-2-19(12-6-4-3-5-7-12)14-9-8-11(15(17)18)10-13(14)16/h3-10H,2H2,1H3,(H3,17,18). The van der Waals surface area contributed by atoms with Gasteiger partial charge in [-0.1, -0.05) is 18.2 Å². The topological polar surface area (TPSA) is 53.1 Å². The van der Waals surface area contributed by atoms with E-state index in [1.165, 1.54) is 6.07 Å². The molecule has 0 radical (unpaired) electrons. The maximum atomic E-state index is 14.1. The third kappa shape index (κ3) is 2.73. The highest BCUT2D eigenvalue weighted by Gasteiger charge is 2.12. The second kappa shape index (κ2) is 5.52. The molecule has 0 saturated carbocycles. The Labute approximate surface area is 112 Å². The molecule has 0 aliphatic heterocycles. The van der Waals surface area contributed by atoms with Crippen LogP contribution in [0, 0.1) is 11.2 Å². The van der Waals surface area contributed by atoms with E-state index in [0.717, 1.165) is 5.69 Å². The summed E-state index contributed by atoms with van der Waals surface area (Å²) in [4.78, 5) is 1.87. The number of nitrogens with two attached hydrogens (primary N) is 1. The number of amidine groups is 1. The highest BCUT2D eigenvalue weighted by molar-refractivity contribution is 5.95. The van der Waals surface area contributed by atoms with Crippen LogP contribution in [0.4, 0.5) is 15.8 Å². The first-order chi connectivity index (χ1) is 9.13. The summed E-state index contributed by atoms with van der Waals surface area (Å²) in [5, 5.41) is 7.32. The predicted octanol–water partition coefficient (Wildman–Crippen LogP) is 3.27. The van der Waals surface area contributed by atoms with Crippen molar-refractivity contribution < 1.29 is 4.39 Å². The van der Waals surface area contributed by atoms with Gasteiger partial charge in [-0.25, -0.2) is 4.39 Å². The molecule has 2 aromatic rings. The average Bonchev–Trinajstić information content (AvgIpc) is 2.42. The Morgan fingerprint density at radius 1 is 1.21 bits per heavy atom. The van der Waals surface area contributed by atoms with Crippen LogP contribution in [-0.4, -0.2) is 12.4 Å². The van der Waals surface area contributed by atoms with Crippen molar-refractivity contribution in [3.8, 4) is 0 Å². The number of halogens is 1. The molecule has 0 unspecified atom stereocenters. The first kappa shape index (κ1) is 13.1. The Bertz CT molecular complexity index is 581. The Kier molecular flexibility index (Phi) is 3.80. The van der Waals surface area contributed by atoms with Crippen LogP contribution in [-0.2, 0) is 0 Å². The van der Waals surface area contributed by atoms with Crippen molar-refractivity contribution in [1.82, 2.24) is 0 Å². The van der Waals surface area contributed by atoms with Gasteiger partial charge in [-0.15, -0.1) is 0 Å². The molecule has 0 aromatic heterocycles. The molecule has 19 heavy (non-hydrogen) atoms. The first-order valence-electron chi connectivity index (χ1n) is 6.10. The van der Waals surface area contributed by atoms with Crippen LogP contribution in [0.2, 0.25) is 0 Å². The monoisotopic (exact) mass is 257 g/mol. The molecule has 0 spiro atoms. The molecule has 0 aliphatic carbocycles. The van der Waals surface area contributed by atoms with Gasteiger partial charge in [0.05, 0.1) is 5.69 Å². The largest absolute Gasteiger partial charge is 0.384 e. The smallest absolute Gasteiger partial charge is 0.147 e. The van der Waals surface area contributed by atoms with Crippen LogP contribution >= 0.6 is 0 Å². The molecule has 2 rings (SSSR count). The lowest BCUT2D eigenvalue weighted by Gasteiger charge is -2.24. The quantitative estimate of drug-likeness (QED) is 0.652. The lowest BCUT2D eigenvalue weighted by atomic mass is 10.1. The zero-order valence-electron chi connectivity index (χ0n) is 10.7. The van der Waals surface area contributed by atoms with Gasteiger partial charge in [0.25, 0.3) is 0 Å². The minimum atomic E-state index is -0.376. The van der Waals surface area contributed by atoms with Gasteiger partial charge in [0.2, 0.25) is 0 Å². The summed E-state index contributed by atoms with van der Waals surface area (Å²) in [5.41, 5.74) is 7.16. The van der Waals surface area contributed by atoms with Crippen LogP contribution < -0.4 is 10.6 Å². The Morgan fingerprint density at radius 3 is 2.42 bits per heavy atom. The predicted molar refractivity (Wildman–Crippen MR) is 76.5 cm³/mol. The van der Waals surface area contributed by atoms with Crippen molar-refractivity contribution in [2.75, 3.05) is 11.4 Å². The summed E-state index contributed by atoms with van der Waals surface area (Å²) in [6.07, 6.45) is 0. The molecule has 0 aliphatic rings. The van der Waals surface area contributed by atoms with E-state index in [2.05, 4.69) is 0 Å². The second-order valence-corrected chi connectivity index (χ2v) is 4.16. The number of rotatable bonds is 4. The van der Waals surface area contributed by atoms with Gasteiger partial charge in [0.1, 0.15) is 11.7 Å². The summed E-state index contributed by atoms with van der Waals surface area (Å²) < 4.78 is 14.1. The maximum Gasteiger partial charge on any atom is 0.147 e. The zero-order chi connectivity index (χ0) is 13.8. The minimum absolute atomic E-state index is 0.131. The van der Waals surface area contributed by atoms with Crippen LogP contribution in [0.1, 0.15) is 12.5 Å². The van der Waals surface area contributed by atoms with E-state index < -0.39 is 0 Å². The summed E-state index contributed by atoms with van der Waals surface area (Å²) in [7, 11) is 0. The molecular weight excluding hydrogens is 241 g/mol. The molecule has 0 fully saturated rings. The van der Waals surface area contributed by atoms with E-state index in [-0.39, 0.29) is 11.7 Å². The number of benzene rings is 2. The Morgan fingerprint density at radius 2 is 1.89 bits per heavy atom. The van der Waals surface area contributed by atoms with E-state index in [4.69, 9.17) is 11.1 Å². The van der Waals surface area contributed by atoms with Crippen LogP contribution in [0.25, 0.3) is 0 Å². The molecule has 98 valence electrons. The van der Waals surface area contributed by atoms with Gasteiger partial charge in [-0.2, -0.15) is 0 Å². The summed E-state index contributed by atoms with van der Waals surface area (Å²) in [6.45, 7) is 2.62. The van der Waals surface area contributed by atoms with E-state index in [1.807, 2.05) is 42.2 Å². The molecule has 3 nitrogen and oxygen atoms in total. The molecule has 0 bridgehead atoms. The molecular formula is C15H16FN3. The van der Waals surface area contributed by atoms with Crippen molar-refractivity contribution >= 4 is 17.2 Å². The highest BCUT2D eigenvalue weighted by atomic mass is 19.1. The third-order valence-electron chi connectivity index (χ3n) is 2.93. The molecule has 2 aromatic carbocycles. The Balaban J connectivity index is 2.42. The van der Waals surface area contributed by atoms with E-state index in [0.29, 0.717) is 17.8 Å². The van der Waals surface area contributed by atoms with Gasteiger partial charge in [-0.3, -0.25) is 5.41 Å². The SMILES string of the molecule is CCN(c1ccccc1)c1ccc(C(=N)N)cc1F. The van der Waals surface area contributed by atoms with Gasteiger partial charge in [0, 0.05) is 17.8 Å². The van der Waals surface area contributed by atoms with E-state index in [1.54, 1.807) is 12.1 Å². The fraction of sp³-hybridized carbons (Fsp3) is 0.133. The molecule has 0 amide bonds. The third-order valence-corrected chi connectivity index (χ3v) is 2.93. The van der Waals surface area contributed by atoms with Crippen LogP contribution in [0.3, 0.4) is 0 Å². The van der Waals surface area contributed by atoms with E-state index in [9.17, 15) is 4.39 Å². The number of para-hydroxylation sites is 1. The summed E-state index contributed by atoms with van der Waals surface area (Å²) in [5.74, 6) is -0.508. The van der Waals surface area contributed by atoms with E-state index >= 15 is 0 Å². The number of nitrogens with one attached hydrogen (secondary N) is 1. The average molecular weight is 257 g/mol. The fourth-order valence-corrected chi connectivity index (χ4v) is 1.99. The van der Waals surface area contributed by atoms with Crippen LogP contribution in [0.5, 0.6) is 0 Å². The number of nitrogen functional groups attached to an aromatic ring is 1.